The molecular weight excluding hydrogens is 158 g/mol. The SMILES string of the molecule is CC(C)(C)PPC(C)(C)C. The minimum Gasteiger partial charge on any atom is -0.0932 e. The van der Waals surface area contributed by atoms with E-state index in [1.807, 2.05) is 0 Å². The highest BCUT2D eigenvalue weighted by Crippen LogP contribution is 2.54. The van der Waals surface area contributed by atoms with Crippen LogP contribution in [0.1, 0.15) is 41.5 Å². The molecule has 2 heteroatoms. The molecule has 62 valence electrons. The highest BCUT2D eigenvalue weighted by atomic mass is 32.0. The van der Waals surface area contributed by atoms with Gasteiger partial charge < -0.3 is 0 Å². The molecule has 0 aromatic rings. The Bertz CT molecular complexity index is 80.8. The Labute approximate surface area is 69.0 Å². The first-order chi connectivity index (χ1) is 4.21. The van der Waals surface area contributed by atoms with Crippen LogP contribution >= 0.6 is 16.5 Å². The van der Waals surface area contributed by atoms with Gasteiger partial charge in [-0.15, -0.1) is 0 Å². The van der Waals surface area contributed by atoms with Crippen molar-refractivity contribution >= 4 is 16.5 Å². The van der Waals surface area contributed by atoms with Crippen LogP contribution in [0.4, 0.5) is 0 Å². The van der Waals surface area contributed by atoms with Crippen molar-refractivity contribution in [2.75, 3.05) is 0 Å². The van der Waals surface area contributed by atoms with E-state index < -0.39 is 0 Å². The predicted molar refractivity (Wildman–Crippen MR) is 56.1 cm³/mol. The average Bonchev–Trinajstić information content (AvgIpc) is 1.57. The molecule has 0 N–H and O–H groups in total. The predicted octanol–water partition coefficient (Wildman–Crippen LogP) is 3.86. The van der Waals surface area contributed by atoms with Gasteiger partial charge in [0.2, 0.25) is 0 Å². The second-order valence-corrected chi connectivity index (χ2v) is 9.75. The first-order valence-corrected chi connectivity index (χ1v) is 6.75. The van der Waals surface area contributed by atoms with Gasteiger partial charge in [0.05, 0.1) is 0 Å². The van der Waals surface area contributed by atoms with Gasteiger partial charge in [-0.05, 0) is 10.3 Å². The van der Waals surface area contributed by atoms with Gasteiger partial charge in [0.15, 0.2) is 0 Å². The van der Waals surface area contributed by atoms with Gasteiger partial charge in [-0.1, -0.05) is 58.1 Å². The van der Waals surface area contributed by atoms with E-state index >= 15 is 0 Å². The van der Waals surface area contributed by atoms with Gasteiger partial charge in [-0.3, -0.25) is 0 Å². The third-order valence-corrected chi connectivity index (χ3v) is 7.31. The smallest absolute Gasteiger partial charge is 0.0170 e. The quantitative estimate of drug-likeness (QED) is 0.535. The summed E-state index contributed by atoms with van der Waals surface area (Å²) in [5, 5.41) is 1.09. The van der Waals surface area contributed by atoms with Crippen molar-refractivity contribution in [3.8, 4) is 0 Å². The van der Waals surface area contributed by atoms with Crippen LogP contribution < -0.4 is 0 Å². The molecule has 0 bridgehead atoms. The maximum absolute atomic E-state index is 2.32. The van der Waals surface area contributed by atoms with Gasteiger partial charge >= 0.3 is 0 Å². The van der Waals surface area contributed by atoms with Gasteiger partial charge in [0.1, 0.15) is 0 Å². The van der Waals surface area contributed by atoms with Crippen LogP contribution in [0.2, 0.25) is 0 Å². The molecule has 0 saturated carbocycles. The monoisotopic (exact) mass is 178 g/mol. The van der Waals surface area contributed by atoms with E-state index in [-0.39, 0.29) is 0 Å². The van der Waals surface area contributed by atoms with Crippen molar-refractivity contribution in [1.82, 2.24) is 0 Å². The van der Waals surface area contributed by atoms with Crippen LogP contribution in [0, 0.1) is 0 Å². The normalized spacial score (nSPS) is 16.2. The summed E-state index contributed by atoms with van der Waals surface area (Å²) in [6, 6.07) is 0. The van der Waals surface area contributed by atoms with Crippen LogP contribution in [0.5, 0.6) is 0 Å². The summed E-state index contributed by atoms with van der Waals surface area (Å²) in [6.07, 6.45) is 0. The second kappa shape index (κ2) is 3.51. The molecule has 0 aliphatic heterocycles. The lowest BCUT2D eigenvalue weighted by molar-refractivity contribution is 0.788. The third-order valence-electron chi connectivity index (χ3n) is 0.812. The molecule has 0 nitrogen and oxygen atoms in total. The van der Waals surface area contributed by atoms with Crippen molar-refractivity contribution in [1.29, 1.82) is 0 Å². The van der Waals surface area contributed by atoms with E-state index in [0.717, 1.165) is 16.5 Å². The summed E-state index contributed by atoms with van der Waals surface area (Å²) in [4.78, 5) is 0. The highest BCUT2D eigenvalue weighted by Gasteiger charge is 2.15. The molecule has 2 unspecified atom stereocenters. The summed E-state index contributed by atoms with van der Waals surface area (Å²) >= 11 is 0. The van der Waals surface area contributed by atoms with Crippen molar-refractivity contribution < 1.29 is 0 Å². The lowest BCUT2D eigenvalue weighted by Gasteiger charge is -2.25. The van der Waals surface area contributed by atoms with Gasteiger partial charge in [0.25, 0.3) is 0 Å². The molecule has 0 aromatic heterocycles. The lowest BCUT2D eigenvalue weighted by atomic mass is 10.3. The zero-order valence-electron chi connectivity index (χ0n) is 8.00. The molecule has 0 aromatic carbocycles. The maximum Gasteiger partial charge on any atom is -0.0170 e. The summed E-state index contributed by atoms with van der Waals surface area (Å²) in [5.41, 5.74) is 0. The summed E-state index contributed by atoms with van der Waals surface area (Å²) in [5.74, 6) is 0. The van der Waals surface area contributed by atoms with E-state index in [9.17, 15) is 0 Å². The molecule has 0 amide bonds. The Morgan fingerprint density at radius 1 is 0.600 bits per heavy atom. The lowest BCUT2D eigenvalue weighted by Crippen LogP contribution is -2.07. The Morgan fingerprint density at radius 3 is 0.900 bits per heavy atom. The van der Waals surface area contributed by atoms with Crippen molar-refractivity contribution in [2.24, 2.45) is 0 Å². The molecule has 0 heterocycles. The molecule has 10 heavy (non-hydrogen) atoms. The van der Waals surface area contributed by atoms with Crippen LogP contribution in [0.15, 0.2) is 0 Å². The molecule has 2 atom stereocenters. The zero-order chi connectivity index (χ0) is 8.41. The number of hydrogen-bond donors (Lipinski definition) is 0. The molecule has 0 aliphatic carbocycles. The summed E-state index contributed by atoms with van der Waals surface area (Å²) in [6.45, 7) is 13.9. The van der Waals surface area contributed by atoms with E-state index in [2.05, 4.69) is 41.5 Å². The standard InChI is InChI=1S/C8H20P2/c1-7(2,3)9-10-8(4,5)6/h9-10H,1-6H3. The van der Waals surface area contributed by atoms with Gasteiger partial charge in [-0.25, -0.2) is 0 Å². The summed E-state index contributed by atoms with van der Waals surface area (Å²) < 4.78 is 0. The summed E-state index contributed by atoms with van der Waals surface area (Å²) in [7, 11) is 2.24. The number of hydrogen-bond acceptors (Lipinski definition) is 0. The fourth-order valence-electron chi connectivity index (χ4n) is 0.375. The minimum atomic E-state index is 0.547. The van der Waals surface area contributed by atoms with Crippen LogP contribution in [-0.2, 0) is 0 Å². The van der Waals surface area contributed by atoms with Crippen molar-refractivity contribution in [3.63, 3.8) is 0 Å². The fourth-order valence-corrected chi connectivity index (χ4v) is 3.38. The molecule has 0 fully saturated rings. The number of rotatable bonds is 1. The third kappa shape index (κ3) is 8.86. The topological polar surface area (TPSA) is 0 Å². The van der Waals surface area contributed by atoms with E-state index in [4.69, 9.17) is 0 Å². The van der Waals surface area contributed by atoms with Crippen molar-refractivity contribution in [3.05, 3.63) is 0 Å². The van der Waals surface area contributed by atoms with Gasteiger partial charge in [0, 0.05) is 0 Å². The largest absolute Gasteiger partial charge is 0.0932 e. The Kier molecular flexibility index (Phi) is 3.81. The van der Waals surface area contributed by atoms with Crippen molar-refractivity contribution in [2.45, 2.75) is 51.9 Å². The molecular formula is C8H20P2. The highest BCUT2D eigenvalue weighted by molar-refractivity contribution is 8.13. The second-order valence-electron chi connectivity index (χ2n) is 4.75. The molecule has 0 saturated heterocycles. The van der Waals surface area contributed by atoms with E-state index in [1.165, 1.54) is 0 Å². The molecule has 0 aliphatic rings. The van der Waals surface area contributed by atoms with Crippen LogP contribution in [0.3, 0.4) is 0 Å². The first-order valence-electron chi connectivity index (χ1n) is 3.75. The van der Waals surface area contributed by atoms with Crippen LogP contribution in [0.25, 0.3) is 0 Å². The van der Waals surface area contributed by atoms with Crippen LogP contribution in [-0.4, -0.2) is 10.3 Å². The minimum absolute atomic E-state index is 0.547. The molecule has 0 rings (SSSR count). The van der Waals surface area contributed by atoms with E-state index in [0.29, 0.717) is 10.3 Å². The first kappa shape index (κ1) is 10.9. The Balaban J connectivity index is 3.56. The Morgan fingerprint density at radius 2 is 0.800 bits per heavy atom. The molecule has 0 spiro atoms. The Hall–Kier alpha value is 0.860. The fraction of sp³-hybridized carbons (Fsp3) is 1.00. The zero-order valence-corrected chi connectivity index (χ0v) is 10.0. The van der Waals surface area contributed by atoms with E-state index in [1.54, 1.807) is 0 Å². The maximum atomic E-state index is 2.32. The van der Waals surface area contributed by atoms with Gasteiger partial charge in [-0.2, -0.15) is 0 Å². The average molecular weight is 178 g/mol. The molecule has 0 radical (unpaired) electrons.